The first-order valence-electron chi connectivity index (χ1n) is 7.83. The zero-order chi connectivity index (χ0) is 15.0. The van der Waals surface area contributed by atoms with E-state index in [9.17, 15) is 14.4 Å². The van der Waals surface area contributed by atoms with Crippen LogP contribution in [0.15, 0.2) is 0 Å². The van der Waals surface area contributed by atoms with Crippen LogP contribution < -0.4 is 5.73 Å². The van der Waals surface area contributed by atoms with E-state index in [1.165, 1.54) is 0 Å². The number of carbonyl (C=O) groups is 3. The van der Waals surface area contributed by atoms with Crippen molar-refractivity contribution in [3.8, 4) is 0 Å². The topological polar surface area (TPSA) is 89.7 Å². The first kappa shape index (κ1) is 14.5. The Balaban J connectivity index is 1.77. The van der Waals surface area contributed by atoms with Gasteiger partial charge in [0.15, 0.2) is 5.78 Å². The number of fused-ring (bicyclic) bond motifs is 1. The molecular weight excluding hydrogens is 272 g/mol. The van der Waals surface area contributed by atoms with Gasteiger partial charge in [-0.25, -0.2) is 0 Å². The van der Waals surface area contributed by atoms with Crippen LogP contribution in [0.3, 0.4) is 0 Å². The third-order valence-corrected chi connectivity index (χ3v) is 5.09. The van der Waals surface area contributed by atoms with Crippen molar-refractivity contribution >= 4 is 17.6 Å². The molecule has 6 heteroatoms. The molecule has 3 fully saturated rings. The molecule has 2 saturated heterocycles. The lowest BCUT2D eigenvalue weighted by Crippen LogP contribution is -2.50. The molecule has 2 aliphatic heterocycles. The van der Waals surface area contributed by atoms with Crippen LogP contribution >= 0.6 is 0 Å². The van der Waals surface area contributed by atoms with Gasteiger partial charge in [-0.15, -0.1) is 0 Å². The lowest BCUT2D eigenvalue weighted by molar-refractivity contribution is -0.146. The molecule has 0 aromatic rings. The Hall–Kier alpha value is -1.43. The Morgan fingerprint density at radius 2 is 1.90 bits per heavy atom. The fourth-order valence-electron chi connectivity index (χ4n) is 4.04. The number of hydrogen-bond acceptors (Lipinski definition) is 4. The molecule has 2 heterocycles. The minimum Gasteiger partial charge on any atom is -0.369 e. The molecule has 2 amide bonds. The summed E-state index contributed by atoms with van der Waals surface area (Å²) in [6, 6.07) is -0.497. The highest BCUT2D eigenvalue weighted by Gasteiger charge is 2.49. The first-order valence-corrected chi connectivity index (χ1v) is 7.83. The summed E-state index contributed by atoms with van der Waals surface area (Å²) < 4.78 is 5.40. The van der Waals surface area contributed by atoms with Crippen LogP contribution in [-0.2, 0) is 19.1 Å². The van der Waals surface area contributed by atoms with E-state index < -0.39 is 17.9 Å². The van der Waals surface area contributed by atoms with Crippen molar-refractivity contribution in [3.05, 3.63) is 0 Å². The Labute approximate surface area is 124 Å². The quantitative estimate of drug-likeness (QED) is 0.755. The normalized spacial score (nSPS) is 31.2. The Morgan fingerprint density at radius 1 is 1.19 bits per heavy atom. The van der Waals surface area contributed by atoms with Crippen LogP contribution in [0, 0.1) is 11.8 Å². The van der Waals surface area contributed by atoms with Crippen LogP contribution in [0.4, 0.5) is 0 Å². The van der Waals surface area contributed by atoms with Gasteiger partial charge < -0.3 is 15.4 Å². The van der Waals surface area contributed by atoms with Gasteiger partial charge in [-0.2, -0.15) is 0 Å². The highest BCUT2D eigenvalue weighted by molar-refractivity contribution is 6.02. The first-order chi connectivity index (χ1) is 10.1. The van der Waals surface area contributed by atoms with Gasteiger partial charge in [0.2, 0.25) is 11.8 Å². The molecule has 21 heavy (non-hydrogen) atoms. The highest BCUT2D eigenvalue weighted by atomic mass is 16.5. The SMILES string of the molecule is NC(=O)C(C(=O)N1CCC2OCC(=O)C21)C1CCCCC1. The monoisotopic (exact) mass is 294 g/mol. The van der Waals surface area contributed by atoms with E-state index in [1.807, 2.05) is 0 Å². The minimum absolute atomic E-state index is 0.0280. The number of rotatable bonds is 3. The number of amides is 2. The molecule has 2 N–H and O–H groups in total. The number of likely N-dealkylation sites (tertiary alicyclic amines) is 1. The van der Waals surface area contributed by atoms with E-state index in [0.29, 0.717) is 13.0 Å². The van der Waals surface area contributed by atoms with E-state index in [-0.39, 0.29) is 30.3 Å². The van der Waals surface area contributed by atoms with Crippen molar-refractivity contribution in [2.24, 2.45) is 17.6 Å². The summed E-state index contributed by atoms with van der Waals surface area (Å²) in [5, 5.41) is 0. The zero-order valence-electron chi connectivity index (χ0n) is 12.1. The van der Waals surface area contributed by atoms with Crippen molar-refractivity contribution in [1.29, 1.82) is 0 Å². The van der Waals surface area contributed by atoms with Crippen LogP contribution in [0.5, 0.6) is 0 Å². The van der Waals surface area contributed by atoms with Gasteiger partial charge in [0, 0.05) is 6.54 Å². The van der Waals surface area contributed by atoms with Gasteiger partial charge in [-0.3, -0.25) is 14.4 Å². The van der Waals surface area contributed by atoms with Gasteiger partial charge in [0.05, 0.1) is 6.10 Å². The minimum atomic E-state index is -0.780. The molecule has 1 aliphatic carbocycles. The lowest BCUT2D eigenvalue weighted by Gasteiger charge is -2.31. The molecule has 3 rings (SSSR count). The molecule has 116 valence electrons. The molecule has 3 unspecified atom stereocenters. The highest BCUT2D eigenvalue weighted by Crippen LogP contribution is 2.34. The molecule has 0 aromatic heterocycles. The molecule has 0 radical (unpaired) electrons. The Bertz CT molecular complexity index is 459. The zero-order valence-corrected chi connectivity index (χ0v) is 12.1. The van der Waals surface area contributed by atoms with Crippen LogP contribution in [0.1, 0.15) is 38.5 Å². The van der Waals surface area contributed by atoms with Crippen LogP contribution in [-0.4, -0.2) is 47.8 Å². The van der Waals surface area contributed by atoms with Crippen molar-refractivity contribution in [1.82, 2.24) is 4.90 Å². The predicted octanol–water partition coefficient (Wildman–Crippen LogP) is 0.237. The van der Waals surface area contributed by atoms with E-state index in [4.69, 9.17) is 10.5 Å². The molecule has 0 spiro atoms. The van der Waals surface area contributed by atoms with E-state index in [1.54, 1.807) is 4.90 Å². The van der Waals surface area contributed by atoms with Gasteiger partial charge >= 0.3 is 0 Å². The summed E-state index contributed by atoms with van der Waals surface area (Å²) in [4.78, 5) is 38.1. The summed E-state index contributed by atoms with van der Waals surface area (Å²) in [5.41, 5.74) is 5.51. The van der Waals surface area contributed by atoms with E-state index >= 15 is 0 Å². The van der Waals surface area contributed by atoms with Gasteiger partial charge in [-0.05, 0) is 25.2 Å². The number of nitrogens with zero attached hydrogens (tertiary/aromatic N) is 1. The number of carbonyl (C=O) groups excluding carboxylic acids is 3. The number of Topliss-reactive ketones (excluding diaryl/α,β-unsaturated/α-hetero) is 1. The third kappa shape index (κ3) is 2.57. The summed E-state index contributed by atoms with van der Waals surface area (Å²) in [6.07, 6.45) is 5.43. The molecular formula is C15H22N2O4. The van der Waals surface area contributed by atoms with E-state index in [0.717, 1.165) is 32.1 Å². The molecule has 0 aromatic carbocycles. The van der Waals surface area contributed by atoms with Crippen molar-refractivity contribution < 1.29 is 19.1 Å². The fourth-order valence-corrected chi connectivity index (χ4v) is 4.04. The number of ether oxygens (including phenoxy) is 1. The fraction of sp³-hybridized carbons (Fsp3) is 0.800. The number of hydrogen-bond donors (Lipinski definition) is 1. The van der Waals surface area contributed by atoms with E-state index in [2.05, 4.69) is 0 Å². The summed E-state index contributed by atoms with van der Waals surface area (Å²) >= 11 is 0. The lowest BCUT2D eigenvalue weighted by atomic mass is 9.79. The Morgan fingerprint density at radius 3 is 2.57 bits per heavy atom. The maximum Gasteiger partial charge on any atom is 0.236 e. The average molecular weight is 294 g/mol. The van der Waals surface area contributed by atoms with Crippen molar-refractivity contribution in [3.63, 3.8) is 0 Å². The smallest absolute Gasteiger partial charge is 0.236 e. The number of ketones is 1. The summed E-state index contributed by atoms with van der Waals surface area (Å²) in [6.45, 7) is 0.556. The largest absolute Gasteiger partial charge is 0.369 e. The van der Waals surface area contributed by atoms with Gasteiger partial charge in [0.25, 0.3) is 0 Å². The second kappa shape index (κ2) is 5.75. The second-order valence-corrected chi connectivity index (χ2v) is 6.36. The average Bonchev–Trinajstić information content (AvgIpc) is 3.03. The van der Waals surface area contributed by atoms with Crippen LogP contribution in [0.2, 0.25) is 0 Å². The molecule has 6 nitrogen and oxygen atoms in total. The van der Waals surface area contributed by atoms with Gasteiger partial charge in [0.1, 0.15) is 18.6 Å². The number of nitrogens with two attached hydrogens (primary N) is 1. The summed E-state index contributed by atoms with van der Waals surface area (Å²) in [5.74, 6) is -1.63. The molecule has 3 atom stereocenters. The molecule has 1 saturated carbocycles. The maximum atomic E-state index is 12.8. The van der Waals surface area contributed by atoms with Gasteiger partial charge in [-0.1, -0.05) is 19.3 Å². The van der Waals surface area contributed by atoms with Crippen molar-refractivity contribution in [2.75, 3.05) is 13.2 Å². The second-order valence-electron chi connectivity index (χ2n) is 6.36. The Kier molecular flexibility index (Phi) is 3.97. The number of primary amides is 1. The third-order valence-electron chi connectivity index (χ3n) is 5.09. The summed E-state index contributed by atoms with van der Waals surface area (Å²) in [7, 11) is 0. The van der Waals surface area contributed by atoms with Crippen molar-refractivity contribution in [2.45, 2.75) is 50.7 Å². The molecule has 3 aliphatic rings. The molecule has 0 bridgehead atoms. The standard InChI is InChI=1S/C15H22N2O4/c16-14(19)12(9-4-2-1-3-5-9)15(20)17-7-6-11-13(17)10(18)8-21-11/h9,11-13H,1-8H2,(H2,16,19). The predicted molar refractivity (Wildman–Crippen MR) is 74.1 cm³/mol. The van der Waals surface area contributed by atoms with Crippen LogP contribution in [0.25, 0.3) is 0 Å². The maximum absolute atomic E-state index is 12.8.